The maximum Gasteiger partial charge on any atom is 0.258 e. The standard InChI is InChI=1S/C15H15N3O2/c1-2-11-9-16-18-13(11)17-14(19)12(15(18)20)8-10-6-4-3-5-7-10/h3-7,9,20H,2,8H2,1H3,(H,17,19). The van der Waals surface area contributed by atoms with Gasteiger partial charge in [0.25, 0.3) is 5.56 Å². The van der Waals surface area contributed by atoms with Crippen molar-refractivity contribution in [1.29, 1.82) is 0 Å². The van der Waals surface area contributed by atoms with Crippen LogP contribution in [0.4, 0.5) is 0 Å². The highest BCUT2D eigenvalue weighted by molar-refractivity contribution is 5.50. The number of aryl methyl sites for hydroxylation is 1. The SMILES string of the molecule is CCc1cnn2c(O)c(Cc3ccccc3)c(=O)[nH]c12. The molecule has 2 heterocycles. The van der Waals surface area contributed by atoms with Gasteiger partial charge in [-0.15, -0.1) is 0 Å². The number of benzene rings is 1. The monoisotopic (exact) mass is 269 g/mol. The largest absolute Gasteiger partial charge is 0.493 e. The van der Waals surface area contributed by atoms with Crippen LogP contribution in [0, 0.1) is 0 Å². The predicted octanol–water partition coefficient (Wildman–Crippen LogP) is 1.88. The van der Waals surface area contributed by atoms with E-state index in [9.17, 15) is 9.90 Å². The topological polar surface area (TPSA) is 70.4 Å². The van der Waals surface area contributed by atoms with Gasteiger partial charge in [0.05, 0.1) is 11.8 Å². The number of aromatic nitrogens is 3. The number of H-pyrrole nitrogens is 1. The molecule has 0 aliphatic rings. The van der Waals surface area contributed by atoms with Crippen LogP contribution in [0.3, 0.4) is 0 Å². The lowest BCUT2D eigenvalue weighted by atomic mass is 10.1. The second kappa shape index (κ2) is 4.85. The van der Waals surface area contributed by atoms with Gasteiger partial charge in [0.15, 0.2) is 0 Å². The second-order valence-electron chi connectivity index (χ2n) is 4.70. The molecule has 0 amide bonds. The first-order valence-electron chi connectivity index (χ1n) is 6.55. The van der Waals surface area contributed by atoms with Gasteiger partial charge in [0.1, 0.15) is 5.65 Å². The summed E-state index contributed by atoms with van der Waals surface area (Å²) in [5.41, 5.74) is 2.49. The third kappa shape index (κ3) is 1.97. The molecular formula is C15H15N3O2. The fourth-order valence-electron chi connectivity index (χ4n) is 2.31. The van der Waals surface area contributed by atoms with Gasteiger partial charge in [-0.3, -0.25) is 4.79 Å². The molecule has 3 rings (SSSR count). The maximum atomic E-state index is 12.2. The van der Waals surface area contributed by atoms with E-state index in [-0.39, 0.29) is 11.4 Å². The minimum Gasteiger partial charge on any atom is -0.493 e. The summed E-state index contributed by atoms with van der Waals surface area (Å²) in [6.45, 7) is 1.98. The van der Waals surface area contributed by atoms with E-state index in [4.69, 9.17) is 0 Å². The molecule has 1 aromatic carbocycles. The average molecular weight is 269 g/mol. The van der Waals surface area contributed by atoms with Crippen LogP contribution in [-0.2, 0) is 12.8 Å². The highest BCUT2D eigenvalue weighted by atomic mass is 16.3. The highest BCUT2D eigenvalue weighted by Crippen LogP contribution is 2.19. The summed E-state index contributed by atoms with van der Waals surface area (Å²) < 4.78 is 1.39. The lowest BCUT2D eigenvalue weighted by molar-refractivity contribution is 0.427. The van der Waals surface area contributed by atoms with Crippen molar-refractivity contribution in [2.45, 2.75) is 19.8 Å². The smallest absolute Gasteiger partial charge is 0.258 e. The minimum absolute atomic E-state index is 0.0905. The molecule has 20 heavy (non-hydrogen) atoms. The molecule has 0 aliphatic heterocycles. The molecule has 0 radical (unpaired) electrons. The van der Waals surface area contributed by atoms with Crippen LogP contribution in [-0.4, -0.2) is 19.7 Å². The summed E-state index contributed by atoms with van der Waals surface area (Å²) in [6, 6.07) is 9.56. The van der Waals surface area contributed by atoms with Crippen molar-refractivity contribution in [3.8, 4) is 5.88 Å². The summed E-state index contributed by atoms with van der Waals surface area (Å²) in [4.78, 5) is 15.0. The third-order valence-electron chi connectivity index (χ3n) is 3.43. The van der Waals surface area contributed by atoms with E-state index in [0.29, 0.717) is 17.6 Å². The lowest BCUT2D eigenvalue weighted by Crippen LogP contribution is -2.16. The van der Waals surface area contributed by atoms with Crippen LogP contribution < -0.4 is 5.56 Å². The van der Waals surface area contributed by atoms with Crippen molar-refractivity contribution in [3.05, 3.63) is 63.6 Å². The van der Waals surface area contributed by atoms with Crippen molar-refractivity contribution in [3.63, 3.8) is 0 Å². The Balaban J connectivity index is 2.15. The molecule has 0 unspecified atom stereocenters. The zero-order valence-corrected chi connectivity index (χ0v) is 11.1. The van der Waals surface area contributed by atoms with Gasteiger partial charge in [-0.25, -0.2) is 0 Å². The number of hydrogen-bond donors (Lipinski definition) is 2. The maximum absolute atomic E-state index is 12.2. The van der Waals surface area contributed by atoms with Crippen molar-refractivity contribution < 1.29 is 5.11 Å². The van der Waals surface area contributed by atoms with Crippen LogP contribution >= 0.6 is 0 Å². The fraction of sp³-hybridized carbons (Fsp3) is 0.200. The van der Waals surface area contributed by atoms with Gasteiger partial charge in [-0.05, 0) is 12.0 Å². The fourth-order valence-corrected chi connectivity index (χ4v) is 2.31. The Bertz CT molecular complexity index is 803. The zero-order valence-electron chi connectivity index (χ0n) is 11.1. The molecule has 5 heteroatoms. The molecule has 2 N–H and O–H groups in total. The predicted molar refractivity (Wildman–Crippen MR) is 76.1 cm³/mol. The van der Waals surface area contributed by atoms with Crippen LogP contribution in [0.1, 0.15) is 23.6 Å². The van der Waals surface area contributed by atoms with Crippen LogP contribution in [0.5, 0.6) is 5.88 Å². The number of aromatic amines is 1. The summed E-state index contributed by atoms with van der Waals surface area (Å²) >= 11 is 0. The van der Waals surface area contributed by atoms with Gasteiger partial charge in [-0.2, -0.15) is 9.61 Å². The summed E-state index contributed by atoms with van der Waals surface area (Å²) in [5.74, 6) is -0.0905. The number of nitrogens with zero attached hydrogens (tertiary/aromatic N) is 2. The molecular weight excluding hydrogens is 254 g/mol. The second-order valence-corrected chi connectivity index (χ2v) is 4.70. The highest BCUT2D eigenvalue weighted by Gasteiger charge is 2.15. The Morgan fingerprint density at radius 3 is 2.75 bits per heavy atom. The van der Waals surface area contributed by atoms with Gasteiger partial charge in [0, 0.05) is 12.0 Å². The van der Waals surface area contributed by atoms with E-state index in [1.54, 1.807) is 6.20 Å². The molecule has 0 spiro atoms. The number of rotatable bonds is 3. The van der Waals surface area contributed by atoms with Gasteiger partial charge in [-0.1, -0.05) is 37.3 Å². The van der Waals surface area contributed by atoms with Crippen molar-refractivity contribution >= 4 is 5.65 Å². The van der Waals surface area contributed by atoms with Crippen LogP contribution in [0.25, 0.3) is 5.65 Å². The lowest BCUT2D eigenvalue weighted by Gasteiger charge is -2.06. The van der Waals surface area contributed by atoms with Gasteiger partial charge >= 0.3 is 0 Å². The van der Waals surface area contributed by atoms with Crippen LogP contribution in [0.15, 0.2) is 41.3 Å². The Hall–Kier alpha value is -2.56. The number of nitrogens with one attached hydrogen (secondary N) is 1. The minimum atomic E-state index is -0.269. The molecule has 0 saturated heterocycles. The molecule has 0 bridgehead atoms. The van der Waals surface area contributed by atoms with E-state index in [0.717, 1.165) is 17.5 Å². The van der Waals surface area contributed by atoms with Crippen LogP contribution in [0.2, 0.25) is 0 Å². The van der Waals surface area contributed by atoms with E-state index in [1.165, 1.54) is 4.52 Å². The first-order valence-corrected chi connectivity index (χ1v) is 6.55. The molecule has 0 saturated carbocycles. The van der Waals surface area contributed by atoms with E-state index in [2.05, 4.69) is 10.1 Å². The third-order valence-corrected chi connectivity index (χ3v) is 3.43. The molecule has 2 aromatic heterocycles. The van der Waals surface area contributed by atoms with Gasteiger partial charge in [0.2, 0.25) is 5.88 Å². The normalized spacial score (nSPS) is 11.1. The number of hydrogen-bond acceptors (Lipinski definition) is 3. The van der Waals surface area contributed by atoms with Crippen molar-refractivity contribution in [1.82, 2.24) is 14.6 Å². The molecule has 0 aliphatic carbocycles. The molecule has 0 atom stereocenters. The van der Waals surface area contributed by atoms with Crippen molar-refractivity contribution in [2.24, 2.45) is 0 Å². The quantitative estimate of drug-likeness (QED) is 0.762. The summed E-state index contributed by atoms with van der Waals surface area (Å²) in [6.07, 6.45) is 2.79. The Labute approximate surface area is 115 Å². The Kier molecular flexibility index (Phi) is 3.02. The molecule has 102 valence electrons. The molecule has 0 fully saturated rings. The molecule has 5 nitrogen and oxygen atoms in total. The molecule has 3 aromatic rings. The first-order chi connectivity index (χ1) is 9.70. The summed E-state index contributed by atoms with van der Waals surface area (Å²) in [5, 5.41) is 14.4. The average Bonchev–Trinajstić information content (AvgIpc) is 2.87. The zero-order chi connectivity index (χ0) is 14.1. The summed E-state index contributed by atoms with van der Waals surface area (Å²) in [7, 11) is 0. The van der Waals surface area contributed by atoms with E-state index < -0.39 is 0 Å². The Morgan fingerprint density at radius 2 is 2.05 bits per heavy atom. The van der Waals surface area contributed by atoms with E-state index in [1.807, 2.05) is 37.3 Å². The number of fused-ring (bicyclic) bond motifs is 1. The van der Waals surface area contributed by atoms with E-state index >= 15 is 0 Å². The number of aromatic hydroxyl groups is 1. The first kappa shape index (κ1) is 12.5. The Morgan fingerprint density at radius 1 is 1.30 bits per heavy atom. The van der Waals surface area contributed by atoms with Gasteiger partial charge < -0.3 is 10.1 Å². The van der Waals surface area contributed by atoms with Crippen molar-refractivity contribution in [2.75, 3.05) is 0 Å².